The van der Waals surface area contributed by atoms with Gasteiger partial charge in [0, 0.05) is 20.2 Å². The lowest BCUT2D eigenvalue weighted by Crippen LogP contribution is -2.12. The molecule has 0 saturated heterocycles. The number of rotatable bonds is 7. The van der Waals surface area contributed by atoms with Crippen LogP contribution >= 0.6 is 0 Å². The highest BCUT2D eigenvalue weighted by molar-refractivity contribution is 5.93. The van der Waals surface area contributed by atoms with Gasteiger partial charge in [0.25, 0.3) is 5.56 Å². The Morgan fingerprint density at radius 2 is 1.82 bits per heavy atom. The summed E-state index contributed by atoms with van der Waals surface area (Å²) in [6.07, 6.45) is -4.59. The number of hydrogen-bond acceptors (Lipinski definition) is 7. The van der Waals surface area contributed by atoms with Gasteiger partial charge in [-0.05, 0) is 29.8 Å². The predicted octanol–water partition coefficient (Wildman–Crippen LogP) is 4.32. The Labute approximate surface area is 191 Å². The average Bonchev–Trinajstić information content (AvgIpc) is 3.08. The molecule has 3 aromatic heterocycles. The molecule has 3 heterocycles. The highest BCUT2D eigenvalue weighted by Gasteiger charge is 2.32. The van der Waals surface area contributed by atoms with Gasteiger partial charge in [-0.25, -0.2) is 9.97 Å². The fraction of sp³-hybridized carbons (Fsp3) is 0.227. The number of H-pyrrole nitrogens is 1. The van der Waals surface area contributed by atoms with Gasteiger partial charge in [-0.3, -0.25) is 14.6 Å². The first-order valence-corrected chi connectivity index (χ1v) is 10.0. The van der Waals surface area contributed by atoms with E-state index in [9.17, 15) is 18.0 Å². The lowest BCUT2D eigenvalue weighted by atomic mass is 10.2. The van der Waals surface area contributed by atoms with Crippen molar-refractivity contribution in [2.45, 2.75) is 12.8 Å². The maximum absolute atomic E-state index is 13.0. The van der Waals surface area contributed by atoms with Crippen LogP contribution in [0.3, 0.4) is 0 Å². The van der Waals surface area contributed by atoms with E-state index in [-0.39, 0.29) is 28.2 Å². The summed E-state index contributed by atoms with van der Waals surface area (Å²) in [4.78, 5) is 20.6. The van der Waals surface area contributed by atoms with E-state index < -0.39 is 11.9 Å². The Morgan fingerprint density at radius 3 is 2.53 bits per heavy atom. The molecule has 4 aromatic rings. The number of aryl methyl sites for hydroxylation is 1. The number of aromatic nitrogens is 4. The summed E-state index contributed by atoms with van der Waals surface area (Å²) in [5.74, 6) is 0.645. The van der Waals surface area contributed by atoms with Crippen molar-refractivity contribution in [1.82, 2.24) is 19.7 Å². The molecule has 0 fully saturated rings. The molecule has 0 aliphatic rings. The van der Waals surface area contributed by atoms with Gasteiger partial charge in [-0.1, -0.05) is 12.1 Å². The summed E-state index contributed by atoms with van der Waals surface area (Å²) in [7, 11) is 4.64. The molecule has 0 radical (unpaired) electrons. The lowest BCUT2D eigenvalue weighted by Gasteiger charge is -2.14. The molecule has 3 N–H and O–H groups in total. The molecular formula is C22H21F3N6O3. The van der Waals surface area contributed by atoms with E-state index in [0.717, 1.165) is 11.6 Å². The lowest BCUT2D eigenvalue weighted by molar-refractivity contribution is -0.141. The largest absolute Gasteiger partial charge is 0.495 e. The molecule has 0 spiro atoms. The van der Waals surface area contributed by atoms with Crippen LogP contribution in [0.4, 0.5) is 36.2 Å². The molecule has 0 aliphatic heterocycles. The number of pyridine rings is 2. The van der Waals surface area contributed by atoms with E-state index >= 15 is 0 Å². The fourth-order valence-electron chi connectivity index (χ4n) is 3.42. The van der Waals surface area contributed by atoms with E-state index in [4.69, 9.17) is 9.47 Å². The molecule has 0 aliphatic carbocycles. The highest BCUT2D eigenvalue weighted by Crippen LogP contribution is 2.33. The molecule has 9 nitrogen and oxygen atoms in total. The number of alkyl halides is 3. The normalized spacial score (nSPS) is 11.6. The minimum absolute atomic E-state index is 0.0487. The summed E-state index contributed by atoms with van der Waals surface area (Å²) in [5.41, 5.74) is 0.706. The van der Waals surface area contributed by atoms with Crippen LogP contribution in [0, 0.1) is 0 Å². The topological polar surface area (TPSA) is 106 Å². The minimum atomic E-state index is -4.59. The Balaban J connectivity index is 1.76. The fourth-order valence-corrected chi connectivity index (χ4v) is 3.42. The van der Waals surface area contributed by atoms with Crippen LogP contribution < -0.4 is 20.9 Å². The van der Waals surface area contributed by atoms with Gasteiger partial charge in [-0.2, -0.15) is 13.2 Å². The third-order valence-corrected chi connectivity index (χ3v) is 4.95. The molecule has 4 rings (SSSR count). The Hall–Kier alpha value is -4.06. The first-order valence-electron chi connectivity index (χ1n) is 10.0. The number of nitrogens with zero attached hydrogens (tertiary/aromatic N) is 3. The third-order valence-electron chi connectivity index (χ3n) is 4.95. The molecule has 178 valence electrons. The van der Waals surface area contributed by atoms with E-state index in [1.54, 1.807) is 19.2 Å². The number of ether oxygens (including phenoxy) is 2. The molecule has 0 atom stereocenters. The van der Waals surface area contributed by atoms with Crippen molar-refractivity contribution in [3.8, 4) is 5.75 Å². The van der Waals surface area contributed by atoms with Crippen LogP contribution in [0.1, 0.15) is 11.3 Å². The van der Waals surface area contributed by atoms with Crippen molar-refractivity contribution in [2.24, 2.45) is 7.05 Å². The summed E-state index contributed by atoms with van der Waals surface area (Å²) in [6.45, 7) is 0.395. The first kappa shape index (κ1) is 23.1. The van der Waals surface area contributed by atoms with Crippen LogP contribution in [0.15, 0.2) is 47.3 Å². The summed E-state index contributed by atoms with van der Waals surface area (Å²) >= 11 is 0. The second-order valence-electron chi connectivity index (χ2n) is 7.38. The van der Waals surface area contributed by atoms with Crippen molar-refractivity contribution in [1.29, 1.82) is 0 Å². The number of nitrogens with one attached hydrogen (secondary N) is 3. The number of halogens is 3. The van der Waals surface area contributed by atoms with Crippen LogP contribution in [0.25, 0.3) is 11.0 Å². The zero-order valence-electron chi connectivity index (χ0n) is 18.4. The highest BCUT2D eigenvalue weighted by atomic mass is 19.4. The molecular weight excluding hydrogens is 453 g/mol. The molecule has 12 heteroatoms. The van der Waals surface area contributed by atoms with Gasteiger partial charge in [-0.15, -0.1) is 0 Å². The Bertz CT molecular complexity index is 1400. The van der Waals surface area contributed by atoms with E-state index in [1.807, 2.05) is 6.07 Å². The molecule has 0 saturated carbocycles. The van der Waals surface area contributed by atoms with Gasteiger partial charge in [0.2, 0.25) is 0 Å². The van der Waals surface area contributed by atoms with Gasteiger partial charge in [0.15, 0.2) is 5.65 Å². The molecule has 0 bridgehead atoms. The van der Waals surface area contributed by atoms with Crippen molar-refractivity contribution in [3.63, 3.8) is 0 Å². The van der Waals surface area contributed by atoms with Crippen molar-refractivity contribution < 1.29 is 22.6 Å². The quantitative estimate of drug-likeness (QED) is 0.366. The minimum Gasteiger partial charge on any atom is -0.495 e. The van der Waals surface area contributed by atoms with Crippen molar-refractivity contribution in [3.05, 3.63) is 64.1 Å². The monoisotopic (exact) mass is 474 g/mol. The van der Waals surface area contributed by atoms with Crippen molar-refractivity contribution in [2.75, 3.05) is 24.9 Å². The number of methoxy groups -OCH3 is 2. The number of aromatic amines is 1. The second-order valence-corrected chi connectivity index (χ2v) is 7.38. The standard InChI is InChI=1S/C22H21F3N6O3/c1-31-21(32)19-14(26-13-8-7-12(11-33-2)9-15(13)34-3)10-18(29-20(19)30-31)28-17-6-4-5-16(27-17)22(23,24)25/h4-10H,11H2,1-3H3,(H3,26,27,28,29,30). The van der Waals surface area contributed by atoms with E-state index in [1.165, 1.54) is 37.0 Å². The zero-order valence-corrected chi connectivity index (χ0v) is 18.4. The van der Waals surface area contributed by atoms with Gasteiger partial charge >= 0.3 is 6.18 Å². The van der Waals surface area contributed by atoms with Crippen LogP contribution in [-0.4, -0.2) is 34.0 Å². The Morgan fingerprint density at radius 1 is 1.03 bits per heavy atom. The number of anilines is 4. The molecule has 0 unspecified atom stereocenters. The van der Waals surface area contributed by atoms with Gasteiger partial charge < -0.3 is 20.1 Å². The smallest absolute Gasteiger partial charge is 0.433 e. The third kappa shape index (κ3) is 4.66. The molecule has 34 heavy (non-hydrogen) atoms. The maximum atomic E-state index is 13.0. The van der Waals surface area contributed by atoms with Crippen LogP contribution in [0.5, 0.6) is 5.75 Å². The first-order chi connectivity index (χ1) is 16.2. The summed E-state index contributed by atoms with van der Waals surface area (Å²) < 4.78 is 51.0. The summed E-state index contributed by atoms with van der Waals surface area (Å²) in [6, 6.07) is 10.4. The number of benzene rings is 1. The average molecular weight is 474 g/mol. The predicted molar refractivity (Wildman–Crippen MR) is 121 cm³/mol. The SMILES string of the molecule is COCc1ccc(Nc2cc(Nc3cccc(C(F)(F)F)n3)nc3[nH]n(C)c(=O)c23)c(OC)c1. The zero-order chi connectivity index (χ0) is 24.5. The van der Waals surface area contributed by atoms with Gasteiger partial charge in [0.05, 0.1) is 25.1 Å². The van der Waals surface area contributed by atoms with E-state index in [2.05, 4.69) is 25.7 Å². The maximum Gasteiger partial charge on any atom is 0.433 e. The summed E-state index contributed by atoms with van der Waals surface area (Å²) in [5, 5.41) is 9.05. The van der Waals surface area contributed by atoms with Crippen LogP contribution in [0.2, 0.25) is 0 Å². The molecule has 1 aromatic carbocycles. The number of hydrogen-bond donors (Lipinski definition) is 3. The Kier molecular flexibility index (Phi) is 6.16. The van der Waals surface area contributed by atoms with Crippen LogP contribution in [-0.2, 0) is 24.6 Å². The molecule has 0 amide bonds. The van der Waals surface area contributed by atoms with E-state index in [0.29, 0.717) is 23.7 Å². The number of fused-ring (bicyclic) bond motifs is 1. The van der Waals surface area contributed by atoms with Crippen molar-refractivity contribution >= 4 is 34.0 Å². The van der Waals surface area contributed by atoms with Gasteiger partial charge in [0.1, 0.15) is 28.5 Å². The second kappa shape index (κ2) is 9.06.